The summed E-state index contributed by atoms with van der Waals surface area (Å²) < 4.78 is 10.5. The molecule has 0 spiro atoms. The molecule has 0 fully saturated rings. The average molecular weight is 351 g/mol. The van der Waals surface area contributed by atoms with E-state index >= 15 is 0 Å². The molecule has 0 aliphatic heterocycles. The molecule has 1 unspecified atom stereocenters. The van der Waals surface area contributed by atoms with Crippen molar-refractivity contribution in [3.05, 3.63) is 70.1 Å². The molecule has 1 amide bonds. The van der Waals surface area contributed by atoms with Gasteiger partial charge in [0, 0.05) is 24.1 Å². The molecule has 0 bridgehead atoms. The quantitative estimate of drug-likeness (QED) is 0.692. The minimum atomic E-state index is -0.427. The summed E-state index contributed by atoms with van der Waals surface area (Å²) in [6.07, 6.45) is 0.428. The fourth-order valence-electron chi connectivity index (χ4n) is 3.16. The van der Waals surface area contributed by atoms with Crippen molar-refractivity contribution in [1.82, 2.24) is 0 Å². The van der Waals surface area contributed by atoms with Gasteiger partial charge in [-0.1, -0.05) is 36.4 Å². The van der Waals surface area contributed by atoms with E-state index in [0.717, 1.165) is 27.6 Å². The Balaban J connectivity index is 2.08. The molecular formula is C21H21NO4. The van der Waals surface area contributed by atoms with Gasteiger partial charge in [-0.25, -0.2) is 4.79 Å². The van der Waals surface area contributed by atoms with Crippen LogP contribution in [-0.2, 0) is 16.0 Å². The average Bonchev–Trinajstić information content (AvgIpc) is 2.60. The second-order valence-electron chi connectivity index (χ2n) is 6.38. The molecule has 2 aromatic carbocycles. The summed E-state index contributed by atoms with van der Waals surface area (Å²) in [5.41, 5.74) is 9.30. The van der Waals surface area contributed by atoms with Gasteiger partial charge < -0.3 is 14.9 Å². The molecule has 0 saturated heterocycles. The second kappa shape index (κ2) is 7.54. The van der Waals surface area contributed by atoms with Gasteiger partial charge in [0.2, 0.25) is 5.91 Å². The summed E-state index contributed by atoms with van der Waals surface area (Å²) >= 11 is 0. The number of methoxy groups -OCH3 is 1. The van der Waals surface area contributed by atoms with Crippen LogP contribution >= 0.6 is 0 Å². The van der Waals surface area contributed by atoms with Gasteiger partial charge in [0.15, 0.2) is 0 Å². The number of carbonyl (C=O) groups excluding carboxylic acids is 1. The Labute approximate surface area is 151 Å². The van der Waals surface area contributed by atoms with Gasteiger partial charge >= 0.3 is 5.63 Å². The van der Waals surface area contributed by atoms with Crippen molar-refractivity contribution in [2.75, 3.05) is 13.7 Å². The van der Waals surface area contributed by atoms with Crippen LogP contribution < -0.4 is 11.4 Å². The molecule has 1 aromatic heterocycles. The van der Waals surface area contributed by atoms with Crippen LogP contribution in [0.1, 0.15) is 11.1 Å². The van der Waals surface area contributed by atoms with E-state index in [4.69, 9.17) is 14.9 Å². The fourth-order valence-corrected chi connectivity index (χ4v) is 3.16. The minimum Gasteiger partial charge on any atom is -0.423 e. The Bertz CT molecular complexity index is 1010. The number of hydrogen-bond donors (Lipinski definition) is 1. The maximum Gasteiger partial charge on any atom is 0.336 e. The van der Waals surface area contributed by atoms with Crippen molar-refractivity contribution >= 4 is 16.9 Å². The molecule has 134 valence electrons. The number of hydrogen-bond acceptors (Lipinski definition) is 4. The highest BCUT2D eigenvalue weighted by molar-refractivity contribution is 5.94. The van der Waals surface area contributed by atoms with Crippen LogP contribution in [0, 0.1) is 12.8 Å². The van der Waals surface area contributed by atoms with E-state index in [9.17, 15) is 9.59 Å². The zero-order valence-corrected chi connectivity index (χ0v) is 14.8. The van der Waals surface area contributed by atoms with Crippen LogP contribution in [0.2, 0.25) is 0 Å². The first-order chi connectivity index (χ1) is 12.5. The molecule has 0 aliphatic rings. The predicted octanol–water partition coefficient (Wildman–Crippen LogP) is 3.06. The summed E-state index contributed by atoms with van der Waals surface area (Å²) in [6, 6.07) is 15.1. The van der Waals surface area contributed by atoms with Gasteiger partial charge in [0.05, 0.1) is 12.5 Å². The standard InChI is InChI=1S/C21H21NO4/c1-13-5-3-4-6-16(13)18-11-20(23)26-19-10-14(7-8-17(18)19)9-15(12-25-2)21(22)24/h3-8,10-11,15H,9,12H2,1-2H3,(H2,22,24). The summed E-state index contributed by atoms with van der Waals surface area (Å²) in [7, 11) is 1.53. The predicted molar refractivity (Wildman–Crippen MR) is 101 cm³/mol. The highest BCUT2D eigenvalue weighted by Gasteiger charge is 2.17. The number of benzene rings is 2. The first kappa shape index (κ1) is 17.9. The molecule has 3 rings (SSSR count). The normalized spacial score (nSPS) is 12.2. The number of nitrogens with two attached hydrogens (primary N) is 1. The molecule has 0 saturated carbocycles. The van der Waals surface area contributed by atoms with Crippen LogP contribution in [0.15, 0.2) is 57.7 Å². The number of carbonyl (C=O) groups is 1. The first-order valence-electron chi connectivity index (χ1n) is 8.40. The van der Waals surface area contributed by atoms with E-state index in [2.05, 4.69) is 0 Å². The van der Waals surface area contributed by atoms with E-state index < -0.39 is 17.5 Å². The molecule has 1 atom stereocenters. The number of fused-ring (bicyclic) bond motifs is 1. The summed E-state index contributed by atoms with van der Waals surface area (Å²) in [5, 5.41) is 0.852. The lowest BCUT2D eigenvalue weighted by Crippen LogP contribution is -2.28. The zero-order chi connectivity index (χ0) is 18.7. The Morgan fingerprint density at radius 3 is 2.62 bits per heavy atom. The Morgan fingerprint density at radius 1 is 1.15 bits per heavy atom. The SMILES string of the molecule is COCC(Cc1ccc2c(-c3ccccc3C)cc(=O)oc2c1)C(N)=O. The molecule has 0 aliphatic carbocycles. The number of ether oxygens (including phenoxy) is 1. The van der Waals surface area contributed by atoms with Crippen molar-refractivity contribution < 1.29 is 13.9 Å². The van der Waals surface area contributed by atoms with Crippen LogP contribution in [0.3, 0.4) is 0 Å². The molecule has 0 radical (unpaired) electrons. The van der Waals surface area contributed by atoms with Gasteiger partial charge in [-0.2, -0.15) is 0 Å². The molecule has 5 heteroatoms. The molecule has 1 heterocycles. The van der Waals surface area contributed by atoms with E-state index in [1.54, 1.807) is 6.07 Å². The number of rotatable bonds is 6. The van der Waals surface area contributed by atoms with Crippen molar-refractivity contribution in [2.45, 2.75) is 13.3 Å². The number of primary amides is 1. The van der Waals surface area contributed by atoms with Crippen LogP contribution in [0.4, 0.5) is 0 Å². The highest BCUT2D eigenvalue weighted by Crippen LogP contribution is 2.30. The third-order valence-electron chi connectivity index (χ3n) is 4.50. The van der Waals surface area contributed by atoms with Gasteiger partial charge in [-0.05, 0) is 36.1 Å². The minimum absolute atomic E-state index is 0.251. The molecule has 26 heavy (non-hydrogen) atoms. The largest absolute Gasteiger partial charge is 0.423 e. The van der Waals surface area contributed by atoms with Crippen LogP contribution in [-0.4, -0.2) is 19.6 Å². The lowest BCUT2D eigenvalue weighted by Gasteiger charge is -2.13. The first-order valence-corrected chi connectivity index (χ1v) is 8.40. The number of aryl methyl sites for hydroxylation is 1. The second-order valence-corrected chi connectivity index (χ2v) is 6.38. The van der Waals surface area contributed by atoms with Gasteiger partial charge in [0.25, 0.3) is 0 Å². The van der Waals surface area contributed by atoms with E-state index in [-0.39, 0.29) is 6.61 Å². The summed E-state index contributed by atoms with van der Waals surface area (Å²) in [5.74, 6) is -0.842. The fraction of sp³-hybridized carbons (Fsp3) is 0.238. The molecule has 3 aromatic rings. The Hall–Kier alpha value is -2.92. The molecule has 5 nitrogen and oxygen atoms in total. The zero-order valence-electron chi connectivity index (χ0n) is 14.8. The third kappa shape index (κ3) is 3.68. The maximum atomic E-state index is 12.1. The topological polar surface area (TPSA) is 82.5 Å². The summed E-state index contributed by atoms with van der Waals surface area (Å²) in [4.78, 5) is 23.6. The van der Waals surface area contributed by atoms with E-state index in [1.165, 1.54) is 13.2 Å². The lowest BCUT2D eigenvalue weighted by molar-refractivity contribution is -0.123. The van der Waals surface area contributed by atoms with Crippen molar-refractivity contribution in [3.63, 3.8) is 0 Å². The van der Waals surface area contributed by atoms with E-state index in [0.29, 0.717) is 12.0 Å². The van der Waals surface area contributed by atoms with Crippen molar-refractivity contribution in [3.8, 4) is 11.1 Å². The van der Waals surface area contributed by atoms with Crippen molar-refractivity contribution in [1.29, 1.82) is 0 Å². The Morgan fingerprint density at radius 2 is 1.92 bits per heavy atom. The lowest BCUT2D eigenvalue weighted by atomic mass is 9.95. The van der Waals surface area contributed by atoms with Crippen molar-refractivity contribution in [2.24, 2.45) is 11.7 Å². The molecular weight excluding hydrogens is 330 g/mol. The smallest absolute Gasteiger partial charge is 0.336 e. The third-order valence-corrected chi connectivity index (χ3v) is 4.50. The summed E-state index contributed by atoms with van der Waals surface area (Å²) in [6.45, 7) is 2.26. The van der Waals surface area contributed by atoms with Gasteiger partial charge in [-0.3, -0.25) is 4.79 Å². The van der Waals surface area contributed by atoms with Gasteiger partial charge in [0.1, 0.15) is 5.58 Å². The Kier molecular flexibility index (Phi) is 5.19. The maximum absolute atomic E-state index is 12.1. The van der Waals surface area contributed by atoms with Crippen LogP contribution in [0.5, 0.6) is 0 Å². The van der Waals surface area contributed by atoms with E-state index in [1.807, 2.05) is 43.3 Å². The van der Waals surface area contributed by atoms with Crippen LogP contribution in [0.25, 0.3) is 22.1 Å². The highest BCUT2D eigenvalue weighted by atomic mass is 16.5. The monoisotopic (exact) mass is 351 g/mol. The molecule has 2 N–H and O–H groups in total. The van der Waals surface area contributed by atoms with Gasteiger partial charge in [-0.15, -0.1) is 0 Å². The number of amides is 1.